The predicted octanol–water partition coefficient (Wildman–Crippen LogP) is -0.174. The molecule has 12 heteroatoms. The van der Waals surface area contributed by atoms with Gasteiger partial charge in [-0.05, 0) is 12.1 Å². The fourth-order valence-corrected chi connectivity index (χ4v) is 4.92. The van der Waals surface area contributed by atoms with Crippen LogP contribution in [0.4, 0.5) is 11.4 Å². The molecule has 0 aliphatic carbocycles. The average Bonchev–Trinajstić information content (AvgIpc) is 2.74. The summed E-state index contributed by atoms with van der Waals surface area (Å²) in [5, 5.41) is 11.7. The second-order valence-electron chi connectivity index (χ2n) is 7.48. The predicted molar refractivity (Wildman–Crippen MR) is 110 cm³/mol. The number of sulfonamides is 1. The van der Waals surface area contributed by atoms with Crippen LogP contribution in [-0.4, -0.2) is 106 Å². The van der Waals surface area contributed by atoms with Crippen LogP contribution in [0.15, 0.2) is 23.1 Å². The van der Waals surface area contributed by atoms with Crippen molar-refractivity contribution in [2.75, 3.05) is 78.0 Å². The lowest BCUT2D eigenvalue weighted by atomic mass is 10.2. The van der Waals surface area contributed by atoms with Crippen LogP contribution >= 0.6 is 0 Å². The van der Waals surface area contributed by atoms with Crippen LogP contribution < -0.4 is 4.90 Å². The minimum Gasteiger partial charge on any atom is -0.379 e. The number of rotatable bonds is 6. The van der Waals surface area contributed by atoms with Gasteiger partial charge >= 0.3 is 0 Å². The zero-order valence-electron chi connectivity index (χ0n) is 17.2. The number of carbonyl (C=O) groups excluding carboxylic acids is 1. The Bertz CT molecular complexity index is 892. The maximum absolute atomic E-state index is 12.8. The summed E-state index contributed by atoms with van der Waals surface area (Å²) in [6, 6.07) is 4.07. The molecule has 2 heterocycles. The van der Waals surface area contributed by atoms with Gasteiger partial charge in [0.25, 0.3) is 5.69 Å². The molecule has 2 aliphatic rings. The Morgan fingerprint density at radius 1 is 1.13 bits per heavy atom. The molecule has 11 nitrogen and oxygen atoms in total. The number of nitro groups is 1. The van der Waals surface area contributed by atoms with Crippen molar-refractivity contribution in [2.45, 2.75) is 4.90 Å². The van der Waals surface area contributed by atoms with Gasteiger partial charge in [-0.1, -0.05) is 0 Å². The lowest BCUT2D eigenvalue weighted by Crippen LogP contribution is -2.49. The molecule has 0 atom stereocenters. The first-order valence-corrected chi connectivity index (χ1v) is 11.2. The first kappa shape index (κ1) is 22.4. The van der Waals surface area contributed by atoms with Crippen molar-refractivity contribution >= 4 is 27.3 Å². The van der Waals surface area contributed by atoms with E-state index in [0.29, 0.717) is 51.6 Å². The van der Waals surface area contributed by atoms with Crippen LogP contribution in [0.1, 0.15) is 0 Å². The molecule has 166 valence electrons. The third-order valence-corrected chi connectivity index (χ3v) is 7.22. The smallest absolute Gasteiger partial charge is 0.293 e. The van der Waals surface area contributed by atoms with E-state index < -0.39 is 14.9 Å². The van der Waals surface area contributed by atoms with E-state index in [4.69, 9.17) is 4.74 Å². The number of hydrogen-bond donors (Lipinski definition) is 0. The van der Waals surface area contributed by atoms with E-state index in [0.717, 1.165) is 6.07 Å². The molecule has 0 bridgehead atoms. The molecule has 2 aliphatic heterocycles. The van der Waals surface area contributed by atoms with Crippen molar-refractivity contribution < 1.29 is 22.9 Å². The van der Waals surface area contributed by atoms with E-state index >= 15 is 0 Å². The van der Waals surface area contributed by atoms with Crippen molar-refractivity contribution in [2.24, 2.45) is 0 Å². The number of hydrogen-bond acceptors (Lipinski definition) is 8. The highest BCUT2D eigenvalue weighted by Gasteiger charge is 2.31. The van der Waals surface area contributed by atoms with Gasteiger partial charge in [0.15, 0.2) is 0 Å². The molecular weight excluding hydrogens is 414 g/mol. The number of nitrogens with zero attached hydrogens (tertiary/aromatic N) is 5. The lowest BCUT2D eigenvalue weighted by Gasteiger charge is -2.35. The van der Waals surface area contributed by atoms with Gasteiger partial charge in [0, 0.05) is 59.4 Å². The van der Waals surface area contributed by atoms with Crippen molar-refractivity contribution in [3.63, 3.8) is 0 Å². The van der Waals surface area contributed by atoms with E-state index in [1.54, 1.807) is 14.1 Å². The molecule has 0 unspecified atom stereocenters. The zero-order valence-corrected chi connectivity index (χ0v) is 18.0. The standard InChI is InChI=1S/C18H27N5O6S/c1-19(2)18(24)14-20-5-7-21(8-6-20)16-4-3-15(13-17(16)23(25)26)30(27,28)22-9-11-29-12-10-22/h3-4,13H,5-12,14H2,1-2H3. The highest BCUT2D eigenvalue weighted by Crippen LogP contribution is 2.32. The molecule has 0 saturated carbocycles. The number of nitro benzene ring substituents is 1. The molecule has 0 radical (unpaired) electrons. The number of amides is 1. The Hall–Kier alpha value is -2.28. The van der Waals surface area contributed by atoms with E-state index in [9.17, 15) is 23.3 Å². The summed E-state index contributed by atoms with van der Waals surface area (Å²) in [6.07, 6.45) is 0. The van der Waals surface area contributed by atoms with Gasteiger partial charge in [0.05, 0.1) is 29.6 Å². The van der Waals surface area contributed by atoms with E-state index in [2.05, 4.69) is 0 Å². The molecular formula is C18H27N5O6S. The minimum atomic E-state index is -3.82. The van der Waals surface area contributed by atoms with Gasteiger partial charge in [-0.3, -0.25) is 19.8 Å². The summed E-state index contributed by atoms with van der Waals surface area (Å²) in [4.78, 5) is 28.3. The van der Waals surface area contributed by atoms with Crippen LogP contribution in [0, 0.1) is 10.1 Å². The summed E-state index contributed by atoms with van der Waals surface area (Å²) in [5.41, 5.74) is 0.154. The molecule has 1 aromatic carbocycles. The van der Waals surface area contributed by atoms with Crippen molar-refractivity contribution in [1.29, 1.82) is 0 Å². The van der Waals surface area contributed by atoms with Gasteiger partial charge in [-0.15, -0.1) is 0 Å². The summed E-state index contributed by atoms with van der Waals surface area (Å²) in [5.74, 6) is 0.00658. The Balaban J connectivity index is 1.77. The Morgan fingerprint density at radius 2 is 1.77 bits per heavy atom. The molecule has 1 amide bonds. The van der Waals surface area contributed by atoms with Crippen LogP contribution in [0.3, 0.4) is 0 Å². The molecule has 0 N–H and O–H groups in total. The Kier molecular flexibility index (Phi) is 6.91. The van der Waals surface area contributed by atoms with Crippen LogP contribution in [0.5, 0.6) is 0 Å². The first-order valence-electron chi connectivity index (χ1n) is 9.74. The third kappa shape index (κ3) is 4.89. The summed E-state index contributed by atoms with van der Waals surface area (Å²) < 4.78 is 32.2. The average molecular weight is 442 g/mol. The lowest BCUT2D eigenvalue weighted by molar-refractivity contribution is -0.384. The van der Waals surface area contributed by atoms with E-state index in [1.807, 2.05) is 9.80 Å². The topological polar surface area (TPSA) is 117 Å². The second kappa shape index (κ2) is 9.25. The number of benzene rings is 1. The third-order valence-electron chi connectivity index (χ3n) is 5.32. The minimum absolute atomic E-state index is 0.00658. The van der Waals surface area contributed by atoms with E-state index in [-0.39, 0.29) is 29.6 Å². The highest BCUT2D eigenvalue weighted by atomic mass is 32.2. The normalized spacial score (nSPS) is 18.9. The highest BCUT2D eigenvalue weighted by molar-refractivity contribution is 7.89. The number of likely N-dealkylation sites (N-methyl/N-ethyl adjacent to an activating group) is 1. The van der Waals surface area contributed by atoms with E-state index in [1.165, 1.54) is 21.3 Å². The summed E-state index contributed by atoms with van der Waals surface area (Å²) >= 11 is 0. The number of ether oxygens (including phenoxy) is 1. The molecule has 2 saturated heterocycles. The molecule has 30 heavy (non-hydrogen) atoms. The SMILES string of the molecule is CN(C)C(=O)CN1CCN(c2ccc(S(=O)(=O)N3CCOCC3)cc2[N+](=O)[O-])CC1. The fraction of sp³-hybridized carbons (Fsp3) is 0.611. The van der Waals surface area contributed by atoms with Gasteiger partial charge in [-0.2, -0.15) is 4.31 Å². The number of piperazine rings is 1. The molecule has 2 fully saturated rings. The maximum atomic E-state index is 12.8. The number of carbonyl (C=O) groups is 1. The fourth-order valence-electron chi connectivity index (χ4n) is 3.49. The van der Waals surface area contributed by atoms with Crippen molar-refractivity contribution in [1.82, 2.24) is 14.1 Å². The van der Waals surface area contributed by atoms with Crippen LogP contribution in [-0.2, 0) is 19.6 Å². The molecule has 3 rings (SSSR count). The largest absolute Gasteiger partial charge is 0.379 e. The van der Waals surface area contributed by atoms with Gasteiger partial charge < -0.3 is 14.5 Å². The van der Waals surface area contributed by atoms with Crippen molar-refractivity contribution in [3.05, 3.63) is 28.3 Å². The number of morpholine rings is 1. The molecule has 0 aromatic heterocycles. The molecule has 0 spiro atoms. The van der Waals surface area contributed by atoms with Gasteiger partial charge in [0.2, 0.25) is 15.9 Å². The maximum Gasteiger partial charge on any atom is 0.293 e. The Labute approximate surface area is 176 Å². The van der Waals surface area contributed by atoms with Crippen LogP contribution in [0.2, 0.25) is 0 Å². The quantitative estimate of drug-likeness (QED) is 0.441. The van der Waals surface area contributed by atoms with Crippen LogP contribution in [0.25, 0.3) is 0 Å². The molecule has 1 aromatic rings. The second-order valence-corrected chi connectivity index (χ2v) is 9.41. The van der Waals surface area contributed by atoms with Gasteiger partial charge in [0.1, 0.15) is 5.69 Å². The number of anilines is 1. The summed E-state index contributed by atoms with van der Waals surface area (Å²) in [7, 11) is -0.410. The zero-order chi connectivity index (χ0) is 21.9. The van der Waals surface area contributed by atoms with Crippen molar-refractivity contribution in [3.8, 4) is 0 Å². The Morgan fingerprint density at radius 3 is 2.33 bits per heavy atom. The monoisotopic (exact) mass is 441 g/mol. The van der Waals surface area contributed by atoms with Gasteiger partial charge in [-0.25, -0.2) is 8.42 Å². The summed E-state index contributed by atoms with van der Waals surface area (Å²) in [6.45, 7) is 3.57. The first-order chi connectivity index (χ1) is 14.2.